The maximum absolute atomic E-state index is 11.5. The zero-order chi connectivity index (χ0) is 15.8. The monoisotopic (exact) mass is 311 g/mol. The molecule has 0 aromatic heterocycles. The molecule has 22 heavy (non-hydrogen) atoms. The number of hydrogen-bond donors (Lipinski definition) is 0. The van der Waals surface area contributed by atoms with E-state index < -0.39 is 0 Å². The summed E-state index contributed by atoms with van der Waals surface area (Å²) in [6.07, 6.45) is 3.30. The maximum Gasteiger partial charge on any atom is 0.146 e. The molecule has 5 nitrogen and oxygen atoms in total. The Morgan fingerprint density at radius 2 is 1.64 bits per heavy atom. The van der Waals surface area contributed by atoms with Gasteiger partial charge >= 0.3 is 0 Å². The third-order valence-corrected chi connectivity index (χ3v) is 5.09. The summed E-state index contributed by atoms with van der Waals surface area (Å²) in [5.74, 6) is 1.22. The van der Waals surface area contributed by atoms with Crippen LogP contribution in [0.4, 0.5) is 0 Å². The van der Waals surface area contributed by atoms with Gasteiger partial charge in [-0.2, -0.15) is 0 Å². The van der Waals surface area contributed by atoms with Crippen molar-refractivity contribution < 1.29 is 9.53 Å². The largest absolute Gasteiger partial charge is 0.383 e. The average molecular weight is 311 g/mol. The van der Waals surface area contributed by atoms with Gasteiger partial charge in [0.2, 0.25) is 0 Å². The number of carbonyl (C=O) groups excluding carboxylic acids is 1. The minimum Gasteiger partial charge on any atom is -0.383 e. The molecule has 2 rings (SSSR count). The third kappa shape index (κ3) is 5.95. The molecular formula is C17H33N3O2. The van der Waals surface area contributed by atoms with Gasteiger partial charge in [0.25, 0.3) is 0 Å². The van der Waals surface area contributed by atoms with Crippen LogP contribution in [0, 0.1) is 5.92 Å². The van der Waals surface area contributed by atoms with E-state index in [-0.39, 0.29) is 0 Å². The van der Waals surface area contributed by atoms with Gasteiger partial charge in [-0.25, -0.2) is 0 Å². The highest BCUT2D eigenvalue weighted by atomic mass is 16.5. The van der Waals surface area contributed by atoms with Gasteiger partial charge in [-0.3, -0.25) is 9.69 Å². The van der Waals surface area contributed by atoms with Gasteiger partial charge in [0.15, 0.2) is 0 Å². The molecule has 0 radical (unpaired) electrons. The lowest BCUT2D eigenvalue weighted by Crippen LogP contribution is -2.49. The van der Waals surface area contributed by atoms with E-state index >= 15 is 0 Å². The summed E-state index contributed by atoms with van der Waals surface area (Å²) >= 11 is 0. The molecule has 0 unspecified atom stereocenters. The van der Waals surface area contributed by atoms with Crippen molar-refractivity contribution >= 4 is 5.78 Å². The number of Topliss-reactive ketones (excluding diaryl/α,β-unsaturated/α-hetero) is 1. The van der Waals surface area contributed by atoms with Gasteiger partial charge in [0.1, 0.15) is 5.78 Å². The van der Waals surface area contributed by atoms with Crippen LogP contribution in [0.15, 0.2) is 0 Å². The van der Waals surface area contributed by atoms with Gasteiger partial charge in [0, 0.05) is 52.8 Å². The van der Waals surface area contributed by atoms with Crippen LogP contribution in [0.5, 0.6) is 0 Å². The number of rotatable bonds is 8. The number of ether oxygens (including phenoxy) is 1. The van der Waals surface area contributed by atoms with Crippen molar-refractivity contribution in [3.8, 4) is 0 Å². The Morgan fingerprint density at radius 1 is 1.00 bits per heavy atom. The number of carbonyl (C=O) groups is 1. The van der Waals surface area contributed by atoms with Crippen LogP contribution in [0.2, 0.25) is 0 Å². The molecule has 2 fully saturated rings. The number of ketones is 1. The van der Waals surface area contributed by atoms with E-state index in [0.29, 0.717) is 18.7 Å². The molecule has 0 N–H and O–H groups in total. The first-order valence-electron chi connectivity index (χ1n) is 8.89. The molecule has 0 aromatic rings. The summed E-state index contributed by atoms with van der Waals surface area (Å²) in [6.45, 7) is 12.6. The van der Waals surface area contributed by atoms with Crippen LogP contribution in [0.3, 0.4) is 0 Å². The molecule has 0 saturated carbocycles. The molecule has 0 amide bonds. The Hall–Kier alpha value is -0.490. The topological polar surface area (TPSA) is 36.0 Å². The van der Waals surface area contributed by atoms with Crippen molar-refractivity contribution in [2.45, 2.75) is 26.2 Å². The van der Waals surface area contributed by atoms with E-state index in [0.717, 1.165) is 45.2 Å². The minimum atomic E-state index is 0.372. The molecule has 0 bridgehead atoms. The second kappa shape index (κ2) is 9.60. The van der Waals surface area contributed by atoms with Crippen LogP contribution < -0.4 is 0 Å². The summed E-state index contributed by atoms with van der Waals surface area (Å²) in [5, 5.41) is 0. The van der Waals surface area contributed by atoms with Crippen molar-refractivity contribution in [1.29, 1.82) is 0 Å². The first-order chi connectivity index (χ1) is 10.7. The molecule has 0 spiro atoms. The lowest BCUT2D eigenvalue weighted by molar-refractivity contribution is -0.120. The van der Waals surface area contributed by atoms with E-state index in [1.165, 1.54) is 32.5 Å². The highest BCUT2D eigenvalue weighted by Crippen LogP contribution is 2.19. The van der Waals surface area contributed by atoms with Gasteiger partial charge < -0.3 is 14.5 Å². The summed E-state index contributed by atoms with van der Waals surface area (Å²) in [5.41, 5.74) is 0. The fourth-order valence-corrected chi connectivity index (χ4v) is 3.47. The normalized spacial score (nSPS) is 23.0. The van der Waals surface area contributed by atoms with Gasteiger partial charge in [-0.15, -0.1) is 0 Å². The highest BCUT2D eigenvalue weighted by Gasteiger charge is 2.24. The second-order valence-electron chi connectivity index (χ2n) is 6.75. The average Bonchev–Trinajstić information content (AvgIpc) is 2.56. The number of hydrogen-bond acceptors (Lipinski definition) is 5. The maximum atomic E-state index is 11.5. The van der Waals surface area contributed by atoms with Gasteiger partial charge in [-0.05, 0) is 31.8 Å². The lowest BCUT2D eigenvalue weighted by atomic mass is 9.96. The highest BCUT2D eigenvalue weighted by molar-refractivity contribution is 5.80. The van der Waals surface area contributed by atoms with Gasteiger partial charge in [0.05, 0.1) is 13.2 Å². The predicted octanol–water partition coefficient (Wildman–Crippen LogP) is 0.942. The van der Waals surface area contributed by atoms with Crippen LogP contribution in [-0.4, -0.2) is 93.1 Å². The number of methoxy groups -OCH3 is 1. The zero-order valence-corrected chi connectivity index (χ0v) is 14.4. The molecular weight excluding hydrogens is 278 g/mol. The molecule has 2 heterocycles. The molecule has 0 aliphatic carbocycles. The predicted molar refractivity (Wildman–Crippen MR) is 89.2 cm³/mol. The Bertz CT molecular complexity index is 322. The number of piperazine rings is 1. The summed E-state index contributed by atoms with van der Waals surface area (Å²) < 4.78 is 5.16. The molecule has 2 aliphatic heterocycles. The van der Waals surface area contributed by atoms with E-state index in [4.69, 9.17) is 4.74 Å². The number of nitrogens with zero attached hydrogens (tertiary/aromatic N) is 3. The van der Waals surface area contributed by atoms with Gasteiger partial charge in [-0.1, -0.05) is 6.92 Å². The van der Waals surface area contributed by atoms with Crippen molar-refractivity contribution in [3.63, 3.8) is 0 Å². The second-order valence-corrected chi connectivity index (χ2v) is 6.75. The Labute approximate surface area is 135 Å². The smallest absolute Gasteiger partial charge is 0.146 e. The Kier molecular flexibility index (Phi) is 7.80. The van der Waals surface area contributed by atoms with Crippen LogP contribution >= 0.6 is 0 Å². The van der Waals surface area contributed by atoms with Crippen LogP contribution in [0.25, 0.3) is 0 Å². The SMILES string of the molecule is CCC(=O)CN1CCN(CC2CCN(CCOC)CC2)CC1. The van der Waals surface area contributed by atoms with E-state index in [9.17, 15) is 4.79 Å². The zero-order valence-electron chi connectivity index (χ0n) is 14.4. The fraction of sp³-hybridized carbons (Fsp3) is 0.941. The van der Waals surface area contributed by atoms with Crippen LogP contribution in [0.1, 0.15) is 26.2 Å². The molecule has 2 aliphatic rings. The van der Waals surface area contributed by atoms with E-state index in [2.05, 4.69) is 14.7 Å². The van der Waals surface area contributed by atoms with E-state index in [1.54, 1.807) is 7.11 Å². The first kappa shape index (κ1) is 17.9. The lowest BCUT2D eigenvalue weighted by Gasteiger charge is -2.38. The molecule has 0 atom stereocenters. The Balaban J connectivity index is 1.60. The first-order valence-corrected chi connectivity index (χ1v) is 8.89. The number of piperidine rings is 1. The quantitative estimate of drug-likeness (QED) is 0.667. The molecule has 128 valence electrons. The summed E-state index contributed by atoms with van der Waals surface area (Å²) in [7, 11) is 1.78. The third-order valence-electron chi connectivity index (χ3n) is 5.09. The van der Waals surface area contributed by atoms with Crippen molar-refractivity contribution in [1.82, 2.24) is 14.7 Å². The van der Waals surface area contributed by atoms with Crippen molar-refractivity contribution in [2.75, 3.05) is 72.6 Å². The summed E-state index contributed by atoms with van der Waals surface area (Å²) in [4.78, 5) is 19.0. The van der Waals surface area contributed by atoms with Crippen molar-refractivity contribution in [3.05, 3.63) is 0 Å². The molecule has 2 saturated heterocycles. The Morgan fingerprint density at radius 3 is 2.23 bits per heavy atom. The standard InChI is InChI=1S/C17H33N3O2/c1-3-17(21)15-20-10-8-19(9-11-20)14-16-4-6-18(7-5-16)12-13-22-2/h16H,3-15H2,1-2H3. The van der Waals surface area contributed by atoms with Crippen LogP contribution in [-0.2, 0) is 9.53 Å². The van der Waals surface area contributed by atoms with E-state index in [1.807, 2.05) is 6.92 Å². The number of likely N-dealkylation sites (tertiary alicyclic amines) is 1. The minimum absolute atomic E-state index is 0.372. The summed E-state index contributed by atoms with van der Waals surface area (Å²) in [6, 6.07) is 0. The molecule has 5 heteroatoms. The molecule has 0 aromatic carbocycles. The van der Waals surface area contributed by atoms with Crippen molar-refractivity contribution in [2.24, 2.45) is 5.92 Å². The fourth-order valence-electron chi connectivity index (χ4n) is 3.47.